The Bertz CT molecular complexity index is 986. The van der Waals surface area contributed by atoms with Crippen molar-refractivity contribution in [1.82, 2.24) is 4.31 Å². The quantitative estimate of drug-likeness (QED) is 0.675. The van der Waals surface area contributed by atoms with E-state index in [0.29, 0.717) is 0 Å². The summed E-state index contributed by atoms with van der Waals surface area (Å²) in [6.07, 6.45) is 0. The number of benzene rings is 2. The van der Waals surface area contributed by atoms with Crippen molar-refractivity contribution in [2.75, 3.05) is 33.1 Å². The number of esters is 2. The Morgan fingerprint density at radius 1 is 0.931 bits per heavy atom. The van der Waals surface area contributed by atoms with Crippen LogP contribution in [0.5, 0.6) is 0 Å². The maximum atomic E-state index is 12.5. The molecule has 0 aliphatic carbocycles. The number of ether oxygens (including phenoxy) is 2. The van der Waals surface area contributed by atoms with Gasteiger partial charge in [0.1, 0.15) is 0 Å². The van der Waals surface area contributed by atoms with Crippen LogP contribution >= 0.6 is 0 Å². The molecular weight excluding hydrogens is 400 g/mol. The molecule has 0 heterocycles. The Balaban J connectivity index is 2.21. The molecule has 0 aliphatic rings. The summed E-state index contributed by atoms with van der Waals surface area (Å²) in [5.74, 6) is -2.09. The molecule has 9 nitrogen and oxygen atoms in total. The molecule has 0 unspecified atom stereocenters. The summed E-state index contributed by atoms with van der Waals surface area (Å²) in [7, 11) is -0.232. The number of nitrogens with zero attached hydrogens (tertiary/aromatic N) is 1. The fraction of sp³-hybridized carbons (Fsp3) is 0.211. The maximum Gasteiger partial charge on any atom is 0.337 e. The summed E-state index contributed by atoms with van der Waals surface area (Å²) >= 11 is 0. The van der Waals surface area contributed by atoms with Gasteiger partial charge in [0.25, 0.3) is 0 Å². The summed E-state index contributed by atoms with van der Waals surface area (Å²) in [5, 5.41) is 2.47. The lowest BCUT2D eigenvalue weighted by Gasteiger charge is -2.17. The van der Waals surface area contributed by atoms with Crippen molar-refractivity contribution in [3.63, 3.8) is 0 Å². The highest BCUT2D eigenvalue weighted by Gasteiger charge is 2.23. The summed E-state index contributed by atoms with van der Waals surface area (Å²) in [6.45, 7) is -0.479. The lowest BCUT2D eigenvalue weighted by Crippen LogP contribution is -2.35. The van der Waals surface area contributed by atoms with Crippen LogP contribution in [-0.2, 0) is 24.3 Å². The van der Waals surface area contributed by atoms with Crippen LogP contribution in [0.4, 0.5) is 5.69 Å². The van der Waals surface area contributed by atoms with Gasteiger partial charge >= 0.3 is 11.9 Å². The number of sulfonamides is 1. The number of rotatable bonds is 7. The highest BCUT2D eigenvalue weighted by Crippen LogP contribution is 2.18. The third-order valence-electron chi connectivity index (χ3n) is 3.88. The average Bonchev–Trinajstić information content (AvgIpc) is 2.72. The van der Waals surface area contributed by atoms with E-state index in [-0.39, 0.29) is 21.7 Å². The largest absolute Gasteiger partial charge is 0.465 e. The minimum Gasteiger partial charge on any atom is -0.465 e. The predicted molar refractivity (Wildman–Crippen MR) is 104 cm³/mol. The average molecular weight is 420 g/mol. The van der Waals surface area contributed by atoms with Crippen LogP contribution in [0.15, 0.2) is 53.4 Å². The Hall–Kier alpha value is -3.24. The van der Waals surface area contributed by atoms with Gasteiger partial charge in [-0.05, 0) is 30.3 Å². The Morgan fingerprint density at radius 3 is 1.93 bits per heavy atom. The van der Waals surface area contributed by atoms with Gasteiger partial charge in [-0.15, -0.1) is 0 Å². The first kappa shape index (κ1) is 22.1. The Labute approximate surface area is 168 Å². The molecule has 154 valence electrons. The van der Waals surface area contributed by atoms with Crippen LogP contribution in [0.1, 0.15) is 20.7 Å². The Morgan fingerprint density at radius 2 is 1.45 bits per heavy atom. The van der Waals surface area contributed by atoms with Crippen LogP contribution in [-0.4, -0.2) is 58.4 Å². The van der Waals surface area contributed by atoms with E-state index in [0.717, 1.165) is 4.31 Å². The molecule has 0 atom stereocenters. The molecule has 2 aromatic carbocycles. The minimum absolute atomic E-state index is 0.0240. The van der Waals surface area contributed by atoms with Crippen molar-refractivity contribution in [3.8, 4) is 0 Å². The van der Waals surface area contributed by atoms with E-state index in [1.165, 1.54) is 51.6 Å². The van der Waals surface area contributed by atoms with Crippen molar-refractivity contribution in [1.29, 1.82) is 0 Å². The molecule has 29 heavy (non-hydrogen) atoms. The summed E-state index contributed by atoms with van der Waals surface area (Å²) in [5.41, 5.74) is 0.163. The van der Waals surface area contributed by atoms with E-state index in [1.807, 2.05) is 0 Å². The lowest BCUT2D eigenvalue weighted by atomic mass is 10.1. The number of hydrogen-bond donors (Lipinski definition) is 1. The van der Waals surface area contributed by atoms with Gasteiger partial charge in [-0.2, -0.15) is 4.31 Å². The van der Waals surface area contributed by atoms with Gasteiger partial charge in [0.15, 0.2) is 0 Å². The van der Waals surface area contributed by atoms with Crippen LogP contribution in [0.2, 0.25) is 0 Å². The topological polar surface area (TPSA) is 119 Å². The molecule has 2 aromatic rings. The Kier molecular flexibility index (Phi) is 7.08. The summed E-state index contributed by atoms with van der Waals surface area (Å²) in [6, 6.07) is 11.6. The van der Waals surface area contributed by atoms with Crippen LogP contribution in [0.3, 0.4) is 0 Å². The molecule has 0 spiro atoms. The maximum absolute atomic E-state index is 12.5. The summed E-state index contributed by atoms with van der Waals surface area (Å²) < 4.78 is 35.2. The van der Waals surface area contributed by atoms with E-state index < -0.39 is 34.4 Å². The molecular formula is C19H20N2O7S. The highest BCUT2D eigenvalue weighted by atomic mass is 32.2. The molecule has 1 N–H and O–H groups in total. The highest BCUT2D eigenvalue weighted by molar-refractivity contribution is 7.89. The molecule has 0 radical (unpaired) electrons. The molecule has 0 saturated carbocycles. The van der Waals surface area contributed by atoms with Gasteiger partial charge in [-0.25, -0.2) is 18.0 Å². The molecule has 0 aromatic heterocycles. The molecule has 0 aliphatic heterocycles. The second-order valence-electron chi connectivity index (χ2n) is 5.90. The smallest absolute Gasteiger partial charge is 0.337 e. The molecule has 1 amide bonds. The van der Waals surface area contributed by atoms with Gasteiger partial charge in [0, 0.05) is 12.7 Å². The number of amides is 1. The number of carbonyl (C=O) groups excluding carboxylic acids is 3. The van der Waals surface area contributed by atoms with Gasteiger partial charge in [-0.1, -0.05) is 18.2 Å². The van der Waals surface area contributed by atoms with Crippen molar-refractivity contribution in [3.05, 3.63) is 59.7 Å². The van der Waals surface area contributed by atoms with Gasteiger partial charge in [-0.3, -0.25) is 4.79 Å². The van der Waals surface area contributed by atoms with Gasteiger partial charge in [0.05, 0.1) is 36.8 Å². The third kappa shape index (κ3) is 5.39. The predicted octanol–water partition coefficient (Wildman–Crippen LogP) is 1.52. The third-order valence-corrected chi connectivity index (χ3v) is 5.69. The van der Waals surface area contributed by atoms with Crippen LogP contribution < -0.4 is 5.32 Å². The monoisotopic (exact) mass is 420 g/mol. The summed E-state index contributed by atoms with van der Waals surface area (Å²) in [4.78, 5) is 36.0. The van der Waals surface area contributed by atoms with E-state index in [2.05, 4.69) is 14.8 Å². The number of nitrogens with one attached hydrogen (secondary N) is 1. The molecule has 0 saturated heterocycles. The normalized spacial score (nSPS) is 11.0. The first-order valence-electron chi connectivity index (χ1n) is 8.32. The molecule has 0 fully saturated rings. The van der Waals surface area contributed by atoms with E-state index in [4.69, 9.17) is 0 Å². The van der Waals surface area contributed by atoms with Crippen molar-refractivity contribution >= 4 is 33.6 Å². The van der Waals surface area contributed by atoms with E-state index >= 15 is 0 Å². The second kappa shape index (κ2) is 9.30. The number of likely N-dealkylation sites (N-methyl/N-ethyl adjacent to an activating group) is 1. The van der Waals surface area contributed by atoms with Crippen molar-refractivity contribution in [2.24, 2.45) is 0 Å². The fourth-order valence-electron chi connectivity index (χ4n) is 2.43. The SMILES string of the molecule is COC(=O)c1cc(NC(=O)CN(C)S(=O)(=O)c2ccccc2)cc(C(=O)OC)c1. The molecule has 2 rings (SSSR count). The van der Waals surface area contributed by atoms with Crippen LogP contribution in [0.25, 0.3) is 0 Å². The first-order chi connectivity index (χ1) is 13.7. The van der Waals surface area contributed by atoms with Gasteiger partial charge in [0.2, 0.25) is 15.9 Å². The van der Waals surface area contributed by atoms with Crippen molar-refractivity contribution < 1.29 is 32.3 Å². The molecule has 0 bridgehead atoms. The molecule has 10 heteroatoms. The lowest BCUT2D eigenvalue weighted by molar-refractivity contribution is -0.116. The van der Waals surface area contributed by atoms with Gasteiger partial charge < -0.3 is 14.8 Å². The number of hydrogen-bond acceptors (Lipinski definition) is 7. The van der Waals surface area contributed by atoms with E-state index in [9.17, 15) is 22.8 Å². The zero-order valence-corrected chi connectivity index (χ0v) is 16.9. The number of anilines is 1. The van der Waals surface area contributed by atoms with E-state index in [1.54, 1.807) is 18.2 Å². The fourth-order valence-corrected chi connectivity index (χ4v) is 3.58. The van der Waals surface area contributed by atoms with Crippen molar-refractivity contribution in [2.45, 2.75) is 4.90 Å². The first-order valence-corrected chi connectivity index (χ1v) is 9.76. The van der Waals surface area contributed by atoms with Crippen LogP contribution in [0, 0.1) is 0 Å². The second-order valence-corrected chi connectivity index (χ2v) is 7.95. The minimum atomic E-state index is -3.85. The number of methoxy groups -OCH3 is 2. The standard InChI is InChI=1S/C19H20N2O7S/c1-21(29(25,26)16-7-5-4-6-8-16)12-17(22)20-15-10-13(18(23)27-2)9-14(11-15)19(24)28-3/h4-11H,12H2,1-3H3,(H,20,22). The zero-order chi connectivity index (χ0) is 21.6. The number of carbonyl (C=O) groups is 3. The zero-order valence-electron chi connectivity index (χ0n) is 16.0.